The van der Waals surface area contributed by atoms with Gasteiger partial charge in [-0.3, -0.25) is 19.1 Å². The number of halogens is 4. The Morgan fingerprint density at radius 1 is 0.932 bits per heavy atom. The van der Waals surface area contributed by atoms with E-state index in [0.29, 0.717) is 36.3 Å². The molecule has 5 rings (SSSR count). The van der Waals surface area contributed by atoms with E-state index in [0.717, 1.165) is 12.1 Å². The molecule has 4 N–H and O–H groups in total. The van der Waals surface area contributed by atoms with Crippen molar-refractivity contribution in [2.75, 3.05) is 28.6 Å². The van der Waals surface area contributed by atoms with Gasteiger partial charge in [0, 0.05) is 29.7 Å². The molecule has 1 fully saturated rings. The van der Waals surface area contributed by atoms with E-state index in [9.17, 15) is 42.2 Å². The summed E-state index contributed by atoms with van der Waals surface area (Å²) in [6, 6.07) is 13.8. The molecule has 0 atom stereocenters. The smallest absolute Gasteiger partial charge is 0.408 e. The van der Waals surface area contributed by atoms with Gasteiger partial charge in [-0.25, -0.2) is 4.39 Å². The predicted molar refractivity (Wildman–Crippen MR) is 153 cm³/mol. The molecule has 0 unspecified atom stereocenters. The highest BCUT2D eigenvalue weighted by atomic mass is 19.4. The summed E-state index contributed by atoms with van der Waals surface area (Å²) in [4.78, 5) is 39.9. The Morgan fingerprint density at radius 3 is 2.34 bits per heavy atom. The second-order valence-corrected chi connectivity index (χ2v) is 10.4. The minimum atomic E-state index is -4.58. The van der Waals surface area contributed by atoms with E-state index in [1.807, 2.05) is 4.90 Å². The van der Waals surface area contributed by atoms with Gasteiger partial charge < -0.3 is 25.7 Å². The SMILES string of the molecule is O=C(O)Cc1cc(F)ccc1NC(=O)c1ccc(N2CCC(O)CC2)c(NC(=O)c2nn(CC(F)(F)F)c3ccccc23)c1. The number of carboxylic acids is 1. The van der Waals surface area contributed by atoms with Crippen molar-refractivity contribution in [1.29, 1.82) is 0 Å². The van der Waals surface area contributed by atoms with Crippen LogP contribution in [0.4, 0.5) is 34.6 Å². The highest BCUT2D eigenvalue weighted by Gasteiger charge is 2.31. The van der Waals surface area contributed by atoms with Gasteiger partial charge in [0.05, 0.1) is 29.4 Å². The normalized spacial score (nSPS) is 14.1. The number of hydrogen-bond donors (Lipinski definition) is 4. The second-order valence-electron chi connectivity index (χ2n) is 10.4. The third-order valence-electron chi connectivity index (χ3n) is 7.17. The van der Waals surface area contributed by atoms with Crippen LogP contribution in [0, 0.1) is 5.82 Å². The molecule has 3 aromatic carbocycles. The maximum Gasteiger partial charge on any atom is 0.408 e. The predicted octanol–water partition coefficient (Wildman–Crippen LogP) is 4.83. The van der Waals surface area contributed by atoms with E-state index in [-0.39, 0.29) is 39.1 Å². The van der Waals surface area contributed by atoms with E-state index in [1.54, 1.807) is 12.1 Å². The van der Waals surface area contributed by atoms with E-state index in [1.165, 1.54) is 36.4 Å². The molecule has 44 heavy (non-hydrogen) atoms. The zero-order valence-corrected chi connectivity index (χ0v) is 23.1. The number of carbonyl (C=O) groups excluding carboxylic acids is 2. The number of anilines is 3. The molecular formula is C30H27F4N5O5. The highest BCUT2D eigenvalue weighted by molar-refractivity contribution is 6.13. The van der Waals surface area contributed by atoms with E-state index < -0.39 is 48.8 Å². The van der Waals surface area contributed by atoms with Gasteiger partial charge in [-0.05, 0) is 60.9 Å². The van der Waals surface area contributed by atoms with Crippen molar-refractivity contribution in [1.82, 2.24) is 9.78 Å². The highest BCUT2D eigenvalue weighted by Crippen LogP contribution is 2.32. The van der Waals surface area contributed by atoms with Crippen molar-refractivity contribution < 1.29 is 42.2 Å². The Bertz CT molecular complexity index is 1730. The molecule has 1 aromatic heterocycles. The Kier molecular flexibility index (Phi) is 8.54. The zero-order valence-electron chi connectivity index (χ0n) is 23.1. The van der Waals surface area contributed by atoms with E-state index >= 15 is 0 Å². The van der Waals surface area contributed by atoms with Crippen LogP contribution in [0.15, 0.2) is 60.7 Å². The third kappa shape index (κ3) is 6.97. The van der Waals surface area contributed by atoms with Gasteiger partial charge in [0.25, 0.3) is 11.8 Å². The molecule has 1 aliphatic rings. The number of aliphatic carboxylic acids is 1. The van der Waals surface area contributed by atoms with Gasteiger partial charge in [0.15, 0.2) is 5.69 Å². The topological polar surface area (TPSA) is 137 Å². The number of aliphatic hydroxyl groups is 1. The summed E-state index contributed by atoms with van der Waals surface area (Å²) in [5.41, 5.74) is 0.727. The third-order valence-corrected chi connectivity index (χ3v) is 7.17. The van der Waals surface area contributed by atoms with Crippen LogP contribution < -0.4 is 15.5 Å². The first kappa shape index (κ1) is 30.5. The number of fused-ring (bicyclic) bond motifs is 1. The number of hydrogen-bond acceptors (Lipinski definition) is 6. The molecule has 1 aliphatic heterocycles. The fourth-order valence-corrected chi connectivity index (χ4v) is 5.11. The largest absolute Gasteiger partial charge is 0.481 e. The fourth-order valence-electron chi connectivity index (χ4n) is 5.11. The molecular weight excluding hydrogens is 586 g/mol. The maximum absolute atomic E-state index is 13.8. The number of carboxylic acid groups (broad SMARTS) is 1. The molecule has 2 amide bonds. The lowest BCUT2D eigenvalue weighted by molar-refractivity contribution is -0.142. The van der Waals surface area contributed by atoms with Gasteiger partial charge in [-0.1, -0.05) is 18.2 Å². The molecule has 0 aliphatic carbocycles. The maximum atomic E-state index is 13.8. The summed E-state index contributed by atoms with van der Waals surface area (Å²) in [7, 11) is 0. The molecule has 4 aromatic rings. The molecule has 14 heteroatoms. The molecule has 2 heterocycles. The van der Waals surface area contributed by atoms with Crippen LogP contribution in [0.3, 0.4) is 0 Å². The zero-order chi connectivity index (χ0) is 31.6. The number of carbonyl (C=O) groups is 3. The molecule has 0 bridgehead atoms. The first-order chi connectivity index (χ1) is 20.9. The first-order valence-corrected chi connectivity index (χ1v) is 13.6. The number of amides is 2. The first-order valence-electron chi connectivity index (χ1n) is 13.6. The molecule has 0 saturated carbocycles. The van der Waals surface area contributed by atoms with Crippen molar-refractivity contribution in [3.63, 3.8) is 0 Å². The van der Waals surface area contributed by atoms with Crippen molar-refractivity contribution in [3.05, 3.63) is 83.3 Å². The number of aromatic nitrogens is 2. The van der Waals surface area contributed by atoms with E-state index in [2.05, 4.69) is 15.7 Å². The Balaban J connectivity index is 1.49. The number of aliphatic hydroxyl groups excluding tert-OH is 1. The lowest BCUT2D eigenvalue weighted by Gasteiger charge is -2.33. The monoisotopic (exact) mass is 613 g/mol. The average Bonchev–Trinajstić information content (AvgIpc) is 3.32. The summed E-state index contributed by atoms with van der Waals surface area (Å²) in [5.74, 6) is -3.39. The molecule has 1 saturated heterocycles. The quantitative estimate of drug-likeness (QED) is 0.209. The molecule has 0 radical (unpaired) electrons. The summed E-state index contributed by atoms with van der Waals surface area (Å²) < 4.78 is 54.2. The molecule has 230 valence electrons. The number of rotatable bonds is 8. The van der Waals surface area contributed by atoms with Crippen molar-refractivity contribution in [3.8, 4) is 0 Å². The van der Waals surface area contributed by atoms with Crippen LogP contribution in [0.2, 0.25) is 0 Å². The van der Waals surface area contributed by atoms with Gasteiger partial charge in [0.1, 0.15) is 12.4 Å². The summed E-state index contributed by atoms with van der Waals surface area (Å²) in [6.07, 6.45) is -4.69. The number of nitrogens with zero attached hydrogens (tertiary/aromatic N) is 3. The van der Waals surface area contributed by atoms with Crippen LogP contribution in [-0.2, 0) is 17.8 Å². The van der Waals surface area contributed by atoms with Crippen LogP contribution in [0.5, 0.6) is 0 Å². The number of para-hydroxylation sites is 1. The Morgan fingerprint density at radius 2 is 1.64 bits per heavy atom. The minimum absolute atomic E-state index is 0.0455. The van der Waals surface area contributed by atoms with Crippen molar-refractivity contribution in [2.24, 2.45) is 0 Å². The summed E-state index contributed by atoms with van der Waals surface area (Å²) >= 11 is 0. The van der Waals surface area contributed by atoms with Gasteiger partial charge in [-0.2, -0.15) is 18.3 Å². The number of alkyl halides is 3. The number of piperidine rings is 1. The number of benzene rings is 3. The fraction of sp³-hybridized carbons (Fsp3) is 0.267. The van der Waals surface area contributed by atoms with E-state index in [4.69, 9.17) is 0 Å². The second kappa shape index (κ2) is 12.3. The van der Waals surface area contributed by atoms with Crippen molar-refractivity contribution in [2.45, 2.75) is 38.1 Å². The van der Waals surface area contributed by atoms with Crippen LogP contribution in [0.1, 0.15) is 39.3 Å². The Hall–Kier alpha value is -4.98. The molecule has 10 nitrogen and oxygen atoms in total. The van der Waals surface area contributed by atoms with Crippen LogP contribution >= 0.6 is 0 Å². The molecule has 0 spiro atoms. The summed E-state index contributed by atoms with van der Waals surface area (Å²) in [5, 5.41) is 28.6. The Labute approximate surface area is 247 Å². The van der Waals surface area contributed by atoms with Gasteiger partial charge >= 0.3 is 12.1 Å². The van der Waals surface area contributed by atoms with Crippen LogP contribution in [0.25, 0.3) is 10.9 Å². The van der Waals surface area contributed by atoms with Crippen LogP contribution in [-0.4, -0.2) is 63.1 Å². The van der Waals surface area contributed by atoms with Crippen molar-refractivity contribution >= 4 is 45.7 Å². The standard InChI is InChI=1S/C30H27F4N5O5/c31-19-6-7-22(18(13-19)15-26(41)42)35-28(43)17-5-8-25(38-11-9-20(40)10-12-38)23(14-17)36-29(44)27-21-3-1-2-4-24(21)39(37-27)16-30(32,33)34/h1-8,13-14,20,40H,9-12,15-16H2,(H,35,43)(H,36,44)(H,41,42). The lowest BCUT2D eigenvalue weighted by atomic mass is 10.0. The average molecular weight is 614 g/mol. The lowest BCUT2D eigenvalue weighted by Crippen LogP contribution is -2.36. The van der Waals surface area contributed by atoms with Gasteiger partial charge in [0.2, 0.25) is 0 Å². The summed E-state index contributed by atoms with van der Waals surface area (Å²) in [6.45, 7) is -0.523. The minimum Gasteiger partial charge on any atom is -0.481 e. The number of nitrogens with one attached hydrogen (secondary N) is 2. The van der Waals surface area contributed by atoms with Gasteiger partial charge in [-0.15, -0.1) is 0 Å².